The summed E-state index contributed by atoms with van der Waals surface area (Å²) in [5, 5.41) is 6.39. The molecule has 0 radical (unpaired) electrons. The Bertz CT molecular complexity index is 1160. The summed E-state index contributed by atoms with van der Waals surface area (Å²) >= 11 is 1.26. The number of amides is 2. The lowest BCUT2D eigenvalue weighted by molar-refractivity contribution is -0.125. The van der Waals surface area contributed by atoms with Gasteiger partial charge in [0.25, 0.3) is 5.56 Å². The number of nitrogens with one attached hydrogen (secondary N) is 2. The SMILES string of the molecule is CCNC(=O)[C@@H]1CCCN(c2nc3ncn(CC(=O)NCc4ccccc4)c(=O)c3s2)C1. The van der Waals surface area contributed by atoms with Crippen molar-refractivity contribution in [3.8, 4) is 0 Å². The summed E-state index contributed by atoms with van der Waals surface area (Å²) in [5.74, 6) is -0.295. The van der Waals surface area contributed by atoms with Crippen LogP contribution in [0.4, 0.5) is 5.13 Å². The Kier molecular flexibility index (Phi) is 6.79. The first-order valence-electron chi connectivity index (χ1n) is 10.7. The predicted octanol–water partition coefficient (Wildman–Crippen LogP) is 1.52. The van der Waals surface area contributed by atoms with Gasteiger partial charge in [0.1, 0.15) is 17.6 Å². The zero-order valence-corrected chi connectivity index (χ0v) is 18.7. The van der Waals surface area contributed by atoms with Crippen LogP contribution in [0, 0.1) is 5.92 Å². The average molecular weight is 455 g/mol. The van der Waals surface area contributed by atoms with E-state index in [4.69, 9.17) is 0 Å². The number of aromatic nitrogens is 3. The highest BCUT2D eigenvalue weighted by Gasteiger charge is 2.27. The maximum Gasteiger partial charge on any atom is 0.273 e. The Balaban J connectivity index is 1.46. The first kappa shape index (κ1) is 21.9. The molecule has 3 heterocycles. The Morgan fingerprint density at radius 1 is 1.22 bits per heavy atom. The highest BCUT2D eigenvalue weighted by atomic mass is 32.1. The molecular weight excluding hydrogens is 428 g/mol. The van der Waals surface area contributed by atoms with Crippen LogP contribution in [0.25, 0.3) is 10.3 Å². The molecule has 1 atom stereocenters. The molecule has 32 heavy (non-hydrogen) atoms. The van der Waals surface area contributed by atoms with E-state index < -0.39 is 0 Å². The molecule has 2 amide bonds. The van der Waals surface area contributed by atoms with E-state index in [0.717, 1.165) is 24.9 Å². The lowest BCUT2D eigenvalue weighted by atomic mass is 9.97. The molecule has 1 aliphatic heterocycles. The van der Waals surface area contributed by atoms with Crippen LogP contribution in [0.15, 0.2) is 41.5 Å². The van der Waals surface area contributed by atoms with Gasteiger partial charge in [-0.05, 0) is 25.3 Å². The fourth-order valence-corrected chi connectivity index (χ4v) is 4.78. The number of hydrogen-bond donors (Lipinski definition) is 2. The summed E-state index contributed by atoms with van der Waals surface area (Å²) in [6.45, 7) is 4.17. The number of hydrogen-bond acceptors (Lipinski definition) is 7. The zero-order chi connectivity index (χ0) is 22.5. The zero-order valence-electron chi connectivity index (χ0n) is 17.9. The second-order valence-electron chi connectivity index (χ2n) is 7.77. The molecule has 4 rings (SSSR count). The van der Waals surface area contributed by atoms with Crippen LogP contribution in [-0.2, 0) is 22.7 Å². The molecule has 0 aliphatic carbocycles. The van der Waals surface area contributed by atoms with E-state index in [1.807, 2.05) is 42.2 Å². The number of benzene rings is 1. The number of carbonyl (C=O) groups is 2. The molecule has 168 valence electrons. The van der Waals surface area contributed by atoms with Gasteiger partial charge in [0.05, 0.1) is 5.92 Å². The molecule has 0 unspecified atom stereocenters. The standard InChI is InChI=1S/C22H26N6O3S/c1-2-23-20(30)16-9-6-10-27(12-16)22-26-19-18(32-22)21(31)28(14-25-19)13-17(29)24-11-15-7-4-3-5-8-15/h3-5,7-8,14,16H,2,6,9-13H2,1H3,(H,23,30)(H,24,29)/t16-/m1/s1. The van der Waals surface area contributed by atoms with Crippen molar-refractivity contribution >= 4 is 38.6 Å². The summed E-state index contributed by atoms with van der Waals surface area (Å²) in [5.41, 5.74) is 1.07. The smallest absolute Gasteiger partial charge is 0.273 e. The van der Waals surface area contributed by atoms with Crippen molar-refractivity contribution in [3.05, 3.63) is 52.6 Å². The molecule has 1 aromatic carbocycles. The number of fused-ring (bicyclic) bond motifs is 1. The van der Waals surface area contributed by atoms with Crippen LogP contribution >= 0.6 is 11.3 Å². The van der Waals surface area contributed by atoms with Gasteiger partial charge in [-0.3, -0.25) is 19.0 Å². The number of anilines is 1. The second kappa shape index (κ2) is 9.90. The summed E-state index contributed by atoms with van der Waals surface area (Å²) < 4.78 is 1.72. The van der Waals surface area contributed by atoms with E-state index in [0.29, 0.717) is 35.1 Å². The van der Waals surface area contributed by atoms with Gasteiger partial charge < -0.3 is 15.5 Å². The molecule has 0 saturated carbocycles. The monoisotopic (exact) mass is 454 g/mol. The maximum absolute atomic E-state index is 12.9. The summed E-state index contributed by atoms with van der Waals surface area (Å²) in [4.78, 5) is 48.3. The minimum atomic E-state index is -0.286. The molecule has 0 spiro atoms. The lowest BCUT2D eigenvalue weighted by Crippen LogP contribution is -2.43. The molecular formula is C22H26N6O3S. The molecule has 2 aromatic heterocycles. The Morgan fingerprint density at radius 2 is 2.03 bits per heavy atom. The fourth-order valence-electron chi connectivity index (χ4n) is 3.77. The van der Waals surface area contributed by atoms with E-state index in [-0.39, 0.29) is 29.8 Å². The van der Waals surface area contributed by atoms with Gasteiger partial charge >= 0.3 is 0 Å². The summed E-state index contributed by atoms with van der Waals surface area (Å²) in [7, 11) is 0. The fraction of sp³-hybridized carbons (Fsp3) is 0.409. The van der Waals surface area contributed by atoms with Gasteiger partial charge in [0.15, 0.2) is 10.8 Å². The molecule has 3 aromatic rings. The number of carbonyl (C=O) groups excluding carboxylic acids is 2. The third kappa shape index (κ3) is 4.96. The van der Waals surface area contributed by atoms with Crippen molar-refractivity contribution < 1.29 is 9.59 Å². The van der Waals surface area contributed by atoms with Crippen molar-refractivity contribution in [1.29, 1.82) is 0 Å². The van der Waals surface area contributed by atoms with Crippen molar-refractivity contribution in [2.24, 2.45) is 5.92 Å². The highest BCUT2D eigenvalue weighted by molar-refractivity contribution is 7.22. The molecule has 1 saturated heterocycles. The minimum absolute atomic E-state index is 0.0558. The molecule has 10 heteroatoms. The van der Waals surface area contributed by atoms with Crippen molar-refractivity contribution in [1.82, 2.24) is 25.2 Å². The van der Waals surface area contributed by atoms with Crippen LogP contribution < -0.4 is 21.1 Å². The quantitative estimate of drug-likeness (QED) is 0.560. The van der Waals surface area contributed by atoms with E-state index >= 15 is 0 Å². The second-order valence-corrected chi connectivity index (χ2v) is 8.75. The molecule has 1 aliphatic rings. The van der Waals surface area contributed by atoms with Gasteiger partial charge in [-0.1, -0.05) is 41.7 Å². The molecule has 1 fully saturated rings. The van der Waals surface area contributed by atoms with E-state index in [1.54, 1.807) is 0 Å². The largest absolute Gasteiger partial charge is 0.356 e. The highest BCUT2D eigenvalue weighted by Crippen LogP contribution is 2.29. The van der Waals surface area contributed by atoms with Crippen LogP contribution in [0.2, 0.25) is 0 Å². The first-order valence-corrected chi connectivity index (χ1v) is 11.6. The third-order valence-electron chi connectivity index (χ3n) is 5.43. The van der Waals surface area contributed by atoms with Gasteiger partial charge in [-0.25, -0.2) is 4.98 Å². The Hall–Kier alpha value is -3.27. The van der Waals surface area contributed by atoms with Crippen LogP contribution in [-0.4, -0.2) is 46.0 Å². The number of rotatable bonds is 7. The third-order valence-corrected chi connectivity index (χ3v) is 6.53. The lowest BCUT2D eigenvalue weighted by Gasteiger charge is -2.31. The van der Waals surface area contributed by atoms with E-state index in [2.05, 4.69) is 20.6 Å². The topological polar surface area (TPSA) is 109 Å². The number of nitrogens with zero attached hydrogens (tertiary/aromatic N) is 4. The van der Waals surface area contributed by atoms with Crippen molar-refractivity contribution in [3.63, 3.8) is 0 Å². The maximum atomic E-state index is 12.9. The molecule has 2 N–H and O–H groups in total. The average Bonchev–Trinajstić information content (AvgIpc) is 3.26. The van der Waals surface area contributed by atoms with Crippen LogP contribution in [0.3, 0.4) is 0 Å². The Morgan fingerprint density at radius 3 is 2.81 bits per heavy atom. The molecule has 9 nitrogen and oxygen atoms in total. The summed E-state index contributed by atoms with van der Waals surface area (Å²) in [6, 6.07) is 9.59. The summed E-state index contributed by atoms with van der Waals surface area (Å²) in [6.07, 6.45) is 3.09. The van der Waals surface area contributed by atoms with E-state index in [1.165, 1.54) is 22.2 Å². The van der Waals surface area contributed by atoms with Gasteiger partial charge in [-0.2, -0.15) is 4.98 Å². The van der Waals surface area contributed by atoms with E-state index in [9.17, 15) is 14.4 Å². The minimum Gasteiger partial charge on any atom is -0.356 e. The van der Waals surface area contributed by atoms with Gasteiger partial charge in [0, 0.05) is 26.2 Å². The van der Waals surface area contributed by atoms with Crippen molar-refractivity contribution in [2.75, 3.05) is 24.5 Å². The normalized spacial score (nSPS) is 16.2. The first-order chi connectivity index (χ1) is 15.5. The Labute approximate surface area is 189 Å². The van der Waals surface area contributed by atoms with Gasteiger partial charge in [-0.15, -0.1) is 0 Å². The van der Waals surface area contributed by atoms with Crippen molar-refractivity contribution in [2.45, 2.75) is 32.9 Å². The number of thiazole rings is 1. The van der Waals surface area contributed by atoms with Crippen LogP contribution in [0.5, 0.6) is 0 Å². The van der Waals surface area contributed by atoms with Gasteiger partial charge in [0.2, 0.25) is 11.8 Å². The number of piperidine rings is 1. The molecule has 0 bridgehead atoms. The predicted molar refractivity (Wildman–Crippen MR) is 124 cm³/mol. The van der Waals surface area contributed by atoms with Crippen LogP contribution in [0.1, 0.15) is 25.3 Å².